The highest BCUT2D eigenvalue weighted by molar-refractivity contribution is 5.94. The summed E-state index contributed by atoms with van der Waals surface area (Å²) in [6.07, 6.45) is 0. The number of nitrogens with two attached hydrogens (primary N) is 1. The molecule has 1 aromatic carbocycles. The summed E-state index contributed by atoms with van der Waals surface area (Å²) >= 11 is 0. The van der Waals surface area contributed by atoms with Crippen LogP contribution in [0.2, 0.25) is 0 Å². The predicted octanol–water partition coefficient (Wildman–Crippen LogP) is 2.03. The maximum Gasteiger partial charge on any atom is 0.241 e. The quantitative estimate of drug-likeness (QED) is 0.802. The fourth-order valence-corrected chi connectivity index (χ4v) is 1.16. The number of rotatable bonds is 3. The Morgan fingerprint density at radius 1 is 1.24 bits per heavy atom. The third-order valence-electron chi connectivity index (χ3n) is 2.27. The molecule has 94 valence electrons. The highest BCUT2D eigenvalue weighted by atomic mass is 19.2. The molecule has 0 saturated carbocycles. The van der Waals surface area contributed by atoms with E-state index in [0.29, 0.717) is 12.1 Å². The molecule has 0 aliphatic rings. The van der Waals surface area contributed by atoms with Gasteiger partial charge in [-0.2, -0.15) is 0 Å². The number of hydrogen-bond acceptors (Lipinski definition) is 2. The first-order valence-electron chi connectivity index (χ1n) is 5.04. The third-order valence-corrected chi connectivity index (χ3v) is 2.27. The Kier molecular flexibility index (Phi) is 4.11. The molecule has 0 bridgehead atoms. The topological polar surface area (TPSA) is 55.1 Å². The van der Waals surface area contributed by atoms with Gasteiger partial charge in [0.05, 0.1) is 6.04 Å². The molecule has 0 heterocycles. The summed E-state index contributed by atoms with van der Waals surface area (Å²) in [7, 11) is 0. The van der Waals surface area contributed by atoms with E-state index < -0.39 is 29.4 Å². The van der Waals surface area contributed by atoms with E-state index in [2.05, 4.69) is 5.32 Å². The van der Waals surface area contributed by atoms with Gasteiger partial charge in [0, 0.05) is 17.8 Å². The summed E-state index contributed by atoms with van der Waals surface area (Å²) < 4.78 is 38.4. The van der Waals surface area contributed by atoms with Crippen LogP contribution in [-0.4, -0.2) is 11.9 Å². The highest BCUT2D eigenvalue weighted by Crippen LogP contribution is 2.17. The van der Waals surface area contributed by atoms with Crippen LogP contribution >= 0.6 is 0 Å². The van der Waals surface area contributed by atoms with Crippen molar-refractivity contribution in [3.05, 3.63) is 29.6 Å². The van der Waals surface area contributed by atoms with Gasteiger partial charge in [0.15, 0.2) is 17.5 Å². The lowest BCUT2D eigenvalue weighted by Gasteiger charge is -2.15. The van der Waals surface area contributed by atoms with E-state index in [9.17, 15) is 18.0 Å². The summed E-state index contributed by atoms with van der Waals surface area (Å²) in [6.45, 7) is 3.46. The maximum absolute atomic E-state index is 12.9. The first-order chi connectivity index (χ1) is 7.82. The normalized spacial score (nSPS) is 12.6. The zero-order valence-electron chi connectivity index (χ0n) is 9.43. The number of benzene rings is 1. The molecule has 0 saturated heterocycles. The largest absolute Gasteiger partial charge is 0.325 e. The zero-order chi connectivity index (χ0) is 13.2. The monoisotopic (exact) mass is 246 g/mol. The van der Waals surface area contributed by atoms with E-state index in [1.54, 1.807) is 13.8 Å². The molecular weight excluding hydrogens is 233 g/mol. The Morgan fingerprint density at radius 3 is 2.12 bits per heavy atom. The van der Waals surface area contributed by atoms with Crippen molar-refractivity contribution < 1.29 is 18.0 Å². The molecule has 0 radical (unpaired) electrons. The average Bonchev–Trinajstić information content (AvgIpc) is 2.24. The van der Waals surface area contributed by atoms with Crippen LogP contribution in [0.5, 0.6) is 0 Å². The molecule has 3 nitrogen and oxygen atoms in total. The van der Waals surface area contributed by atoms with Gasteiger partial charge in [-0.05, 0) is 5.92 Å². The van der Waals surface area contributed by atoms with Gasteiger partial charge in [0.25, 0.3) is 0 Å². The van der Waals surface area contributed by atoms with Crippen LogP contribution in [0.3, 0.4) is 0 Å². The number of amides is 1. The molecule has 0 fully saturated rings. The Labute approximate surface area is 96.8 Å². The molecule has 1 amide bonds. The molecule has 0 aromatic heterocycles. The van der Waals surface area contributed by atoms with Crippen molar-refractivity contribution >= 4 is 11.6 Å². The van der Waals surface area contributed by atoms with Gasteiger partial charge in [0.2, 0.25) is 5.91 Å². The van der Waals surface area contributed by atoms with Crippen LogP contribution < -0.4 is 11.1 Å². The lowest BCUT2D eigenvalue weighted by Crippen LogP contribution is -2.39. The van der Waals surface area contributed by atoms with E-state index in [1.165, 1.54) is 0 Å². The zero-order valence-corrected chi connectivity index (χ0v) is 9.43. The lowest BCUT2D eigenvalue weighted by atomic mass is 10.0. The average molecular weight is 246 g/mol. The standard InChI is InChI=1S/C11H13F3N2O/c1-5(2)10(15)11(17)16-6-3-7(12)9(14)8(13)4-6/h3-5,10H,15H2,1-2H3,(H,16,17)/t10-/m1/s1. The number of anilines is 1. The second kappa shape index (κ2) is 5.18. The van der Waals surface area contributed by atoms with Crippen LogP contribution in [0.15, 0.2) is 12.1 Å². The van der Waals surface area contributed by atoms with Crippen molar-refractivity contribution in [1.82, 2.24) is 0 Å². The minimum absolute atomic E-state index is 0.120. The van der Waals surface area contributed by atoms with Crippen molar-refractivity contribution in [2.45, 2.75) is 19.9 Å². The molecule has 17 heavy (non-hydrogen) atoms. The SMILES string of the molecule is CC(C)[C@@H](N)C(=O)Nc1cc(F)c(F)c(F)c1. The van der Waals surface area contributed by atoms with E-state index in [1.807, 2.05) is 0 Å². The Morgan fingerprint density at radius 2 is 1.71 bits per heavy atom. The molecule has 0 unspecified atom stereocenters. The summed E-state index contributed by atoms with van der Waals surface area (Å²) in [5.41, 5.74) is 5.38. The van der Waals surface area contributed by atoms with Gasteiger partial charge < -0.3 is 11.1 Å². The van der Waals surface area contributed by atoms with Gasteiger partial charge >= 0.3 is 0 Å². The van der Waals surface area contributed by atoms with Crippen molar-refractivity contribution in [3.8, 4) is 0 Å². The molecule has 0 aliphatic carbocycles. The molecule has 3 N–H and O–H groups in total. The molecule has 6 heteroatoms. The number of carbonyl (C=O) groups excluding carboxylic acids is 1. The van der Waals surface area contributed by atoms with Crippen LogP contribution in [0.1, 0.15) is 13.8 Å². The number of halogens is 3. The van der Waals surface area contributed by atoms with E-state index in [4.69, 9.17) is 5.73 Å². The Bertz CT molecular complexity index is 412. The van der Waals surface area contributed by atoms with Crippen LogP contribution in [0.4, 0.5) is 18.9 Å². The first kappa shape index (κ1) is 13.5. The minimum atomic E-state index is -1.57. The summed E-state index contributed by atoms with van der Waals surface area (Å²) in [5.74, 6) is -5.00. The second-order valence-electron chi connectivity index (χ2n) is 4.01. The van der Waals surface area contributed by atoms with Crippen LogP contribution in [0, 0.1) is 23.4 Å². The van der Waals surface area contributed by atoms with E-state index in [-0.39, 0.29) is 11.6 Å². The smallest absolute Gasteiger partial charge is 0.241 e. The van der Waals surface area contributed by atoms with Crippen molar-refractivity contribution in [2.24, 2.45) is 11.7 Å². The summed E-state index contributed by atoms with van der Waals surface area (Å²) in [6, 6.07) is 0.596. The van der Waals surface area contributed by atoms with Gasteiger partial charge in [-0.15, -0.1) is 0 Å². The predicted molar refractivity (Wildman–Crippen MR) is 57.8 cm³/mol. The van der Waals surface area contributed by atoms with E-state index in [0.717, 1.165) is 0 Å². The van der Waals surface area contributed by atoms with Crippen LogP contribution in [0.25, 0.3) is 0 Å². The molecule has 0 spiro atoms. The van der Waals surface area contributed by atoms with E-state index >= 15 is 0 Å². The molecule has 1 rings (SSSR count). The van der Waals surface area contributed by atoms with Crippen LogP contribution in [-0.2, 0) is 4.79 Å². The van der Waals surface area contributed by atoms with Gasteiger partial charge in [0.1, 0.15) is 0 Å². The second-order valence-corrected chi connectivity index (χ2v) is 4.01. The lowest BCUT2D eigenvalue weighted by molar-refractivity contribution is -0.118. The van der Waals surface area contributed by atoms with Crippen molar-refractivity contribution in [3.63, 3.8) is 0 Å². The minimum Gasteiger partial charge on any atom is -0.325 e. The Hall–Kier alpha value is -1.56. The fourth-order valence-electron chi connectivity index (χ4n) is 1.16. The first-order valence-corrected chi connectivity index (χ1v) is 5.04. The molecule has 1 atom stereocenters. The highest BCUT2D eigenvalue weighted by Gasteiger charge is 2.18. The summed E-state index contributed by atoms with van der Waals surface area (Å²) in [5, 5.41) is 2.22. The third kappa shape index (κ3) is 3.20. The number of nitrogens with one attached hydrogen (secondary N) is 1. The molecule has 0 aliphatic heterocycles. The molecule has 1 aromatic rings. The van der Waals surface area contributed by atoms with Crippen molar-refractivity contribution in [2.75, 3.05) is 5.32 Å². The fraction of sp³-hybridized carbons (Fsp3) is 0.364. The summed E-state index contributed by atoms with van der Waals surface area (Å²) in [4.78, 5) is 11.5. The van der Waals surface area contributed by atoms with Gasteiger partial charge in [-0.25, -0.2) is 13.2 Å². The molecular formula is C11H13F3N2O. The number of hydrogen-bond donors (Lipinski definition) is 2. The van der Waals surface area contributed by atoms with Gasteiger partial charge in [-0.3, -0.25) is 4.79 Å². The number of carbonyl (C=O) groups is 1. The van der Waals surface area contributed by atoms with Gasteiger partial charge in [-0.1, -0.05) is 13.8 Å². The maximum atomic E-state index is 12.9. The Balaban J connectivity index is 2.86. The van der Waals surface area contributed by atoms with Crippen molar-refractivity contribution in [1.29, 1.82) is 0 Å².